The van der Waals surface area contributed by atoms with Gasteiger partial charge in [0, 0.05) is 6.54 Å². The first-order chi connectivity index (χ1) is 14.3. The quantitative estimate of drug-likeness (QED) is 0.688. The first kappa shape index (κ1) is 21.0. The van der Waals surface area contributed by atoms with Crippen molar-refractivity contribution in [3.05, 3.63) is 35.5 Å². The van der Waals surface area contributed by atoms with Crippen molar-refractivity contribution in [3.63, 3.8) is 0 Å². The van der Waals surface area contributed by atoms with E-state index in [1.165, 1.54) is 4.90 Å². The van der Waals surface area contributed by atoms with E-state index in [-0.39, 0.29) is 17.9 Å². The summed E-state index contributed by atoms with van der Waals surface area (Å²) >= 11 is 0. The third-order valence-corrected chi connectivity index (χ3v) is 6.29. The molecular weight excluding hydrogens is 399 g/mol. The highest BCUT2D eigenvalue weighted by Crippen LogP contribution is 2.47. The van der Waals surface area contributed by atoms with Gasteiger partial charge in [-0.15, -0.1) is 0 Å². The molecule has 0 amide bonds. The van der Waals surface area contributed by atoms with Gasteiger partial charge in [-0.2, -0.15) is 18.2 Å². The minimum absolute atomic E-state index is 0.169. The van der Waals surface area contributed by atoms with Gasteiger partial charge in [0.05, 0.1) is 32.1 Å². The molecule has 4 rings (SSSR count). The van der Waals surface area contributed by atoms with Crippen molar-refractivity contribution in [2.45, 2.75) is 49.6 Å². The largest absolute Gasteiger partial charge is 0.493 e. The van der Waals surface area contributed by atoms with Gasteiger partial charge in [0.1, 0.15) is 0 Å². The highest BCUT2D eigenvalue weighted by Gasteiger charge is 2.43. The Kier molecular flexibility index (Phi) is 5.65. The molecule has 2 aliphatic rings. The molecule has 1 aromatic heterocycles. The first-order valence-electron chi connectivity index (χ1n) is 10.2. The maximum Gasteiger partial charge on any atom is 0.401 e. The summed E-state index contributed by atoms with van der Waals surface area (Å²) in [6.45, 7) is -0.243. The Bertz CT molecular complexity index is 878. The molecule has 164 valence electrons. The Balaban J connectivity index is 1.59. The number of ether oxygens (including phenoxy) is 2. The lowest BCUT2D eigenvalue weighted by Crippen LogP contribution is -2.32. The second kappa shape index (κ2) is 8.09. The van der Waals surface area contributed by atoms with Crippen LogP contribution < -0.4 is 9.47 Å². The molecular formula is C21H26F3N3O3. The molecule has 1 saturated carbocycles. The fourth-order valence-corrected chi connectivity index (χ4v) is 4.78. The van der Waals surface area contributed by atoms with Crippen LogP contribution in [0.4, 0.5) is 13.2 Å². The van der Waals surface area contributed by atoms with Crippen molar-refractivity contribution in [1.82, 2.24) is 15.0 Å². The summed E-state index contributed by atoms with van der Waals surface area (Å²) in [6.07, 6.45) is 0.234. The van der Waals surface area contributed by atoms with E-state index in [4.69, 9.17) is 19.0 Å². The highest BCUT2D eigenvalue weighted by atomic mass is 19.4. The van der Waals surface area contributed by atoms with E-state index >= 15 is 0 Å². The zero-order chi connectivity index (χ0) is 21.4. The van der Waals surface area contributed by atoms with Crippen molar-refractivity contribution in [1.29, 1.82) is 0 Å². The summed E-state index contributed by atoms with van der Waals surface area (Å²) in [7, 11) is 3.19. The number of hydrogen-bond acceptors (Lipinski definition) is 6. The molecule has 30 heavy (non-hydrogen) atoms. The van der Waals surface area contributed by atoms with Crippen LogP contribution in [-0.4, -0.2) is 55.1 Å². The maximum atomic E-state index is 12.7. The van der Waals surface area contributed by atoms with E-state index in [9.17, 15) is 13.2 Å². The average Bonchev–Trinajstić information content (AvgIpc) is 3.46. The summed E-state index contributed by atoms with van der Waals surface area (Å²) in [5.41, 5.74) is 0.654. The van der Waals surface area contributed by atoms with Crippen LogP contribution in [0.25, 0.3) is 0 Å². The molecule has 1 atom stereocenters. The number of likely N-dealkylation sites (tertiary alicyclic amines) is 1. The van der Waals surface area contributed by atoms with Gasteiger partial charge in [-0.1, -0.05) is 24.1 Å². The van der Waals surface area contributed by atoms with Crippen LogP contribution in [0.5, 0.6) is 11.5 Å². The fourth-order valence-electron chi connectivity index (χ4n) is 4.78. The number of rotatable bonds is 6. The van der Waals surface area contributed by atoms with E-state index in [0.29, 0.717) is 36.2 Å². The van der Waals surface area contributed by atoms with Crippen molar-refractivity contribution < 1.29 is 27.2 Å². The van der Waals surface area contributed by atoms with Crippen LogP contribution >= 0.6 is 0 Å². The second-order valence-electron chi connectivity index (χ2n) is 8.15. The Morgan fingerprint density at radius 3 is 2.57 bits per heavy atom. The summed E-state index contributed by atoms with van der Waals surface area (Å²) in [5, 5.41) is 4.29. The SMILES string of the molecule is COc1ccc(C2(c3noc(C4CCN(CC(F)(F)F)C4)n3)CCCC2)cc1OC. The van der Waals surface area contributed by atoms with Crippen LogP contribution in [0.15, 0.2) is 22.7 Å². The van der Waals surface area contributed by atoms with Crippen molar-refractivity contribution in [2.75, 3.05) is 33.9 Å². The van der Waals surface area contributed by atoms with Crippen LogP contribution in [0, 0.1) is 0 Å². The summed E-state index contributed by atoms with van der Waals surface area (Å²) in [5.74, 6) is 2.16. The molecule has 0 bridgehead atoms. The molecule has 1 aromatic carbocycles. The Labute approximate surface area is 173 Å². The van der Waals surface area contributed by atoms with Crippen molar-refractivity contribution in [2.24, 2.45) is 0 Å². The topological polar surface area (TPSA) is 60.6 Å². The van der Waals surface area contributed by atoms with Gasteiger partial charge in [0.15, 0.2) is 17.3 Å². The molecule has 1 aliphatic carbocycles. The van der Waals surface area contributed by atoms with Crippen LogP contribution in [0.3, 0.4) is 0 Å². The molecule has 0 spiro atoms. The molecule has 1 aliphatic heterocycles. The molecule has 1 unspecified atom stereocenters. The summed E-state index contributed by atoms with van der Waals surface area (Å²) < 4.78 is 54.4. The third-order valence-electron chi connectivity index (χ3n) is 6.29. The van der Waals surface area contributed by atoms with Gasteiger partial charge in [0.25, 0.3) is 0 Å². The molecule has 0 radical (unpaired) electrons. The molecule has 9 heteroatoms. The standard InChI is InChI=1S/C21H26F3N3O3/c1-28-16-6-5-15(11-17(16)29-2)20(8-3-4-9-20)19-25-18(30-26-19)14-7-10-27(12-14)13-21(22,23)24/h5-6,11,14H,3-4,7-10,12-13H2,1-2H3. The molecule has 6 nitrogen and oxygen atoms in total. The van der Waals surface area contributed by atoms with Gasteiger partial charge in [-0.3, -0.25) is 4.90 Å². The average molecular weight is 425 g/mol. The lowest BCUT2D eigenvalue weighted by atomic mass is 9.78. The number of aromatic nitrogens is 2. The first-order valence-corrected chi connectivity index (χ1v) is 10.2. The number of halogens is 3. The highest BCUT2D eigenvalue weighted by molar-refractivity contribution is 5.47. The lowest BCUT2D eigenvalue weighted by Gasteiger charge is -2.26. The molecule has 2 fully saturated rings. The smallest absolute Gasteiger partial charge is 0.401 e. The zero-order valence-corrected chi connectivity index (χ0v) is 17.2. The molecule has 1 saturated heterocycles. The second-order valence-corrected chi connectivity index (χ2v) is 8.15. The fraction of sp³-hybridized carbons (Fsp3) is 0.619. The Morgan fingerprint density at radius 2 is 1.90 bits per heavy atom. The third kappa shape index (κ3) is 3.99. The summed E-state index contributed by atoms with van der Waals surface area (Å²) in [4.78, 5) is 6.09. The molecule has 0 N–H and O–H groups in total. The van der Waals surface area contributed by atoms with Gasteiger partial charge in [0.2, 0.25) is 5.89 Å². The maximum absolute atomic E-state index is 12.7. The minimum atomic E-state index is -4.20. The molecule has 2 heterocycles. The van der Waals surface area contributed by atoms with Crippen LogP contribution in [-0.2, 0) is 5.41 Å². The van der Waals surface area contributed by atoms with Crippen molar-refractivity contribution in [3.8, 4) is 11.5 Å². The van der Waals surface area contributed by atoms with E-state index in [1.807, 2.05) is 18.2 Å². The monoisotopic (exact) mass is 425 g/mol. The van der Waals surface area contributed by atoms with Crippen molar-refractivity contribution >= 4 is 0 Å². The normalized spacial score (nSPS) is 21.8. The molecule has 2 aromatic rings. The van der Waals surface area contributed by atoms with Gasteiger partial charge >= 0.3 is 6.18 Å². The number of nitrogens with zero attached hydrogens (tertiary/aromatic N) is 3. The number of hydrogen-bond donors (Lipinski definition) is 0. The van der Waals surface area contributed by atoms with Crippen LogP contribution in [0.2, 0.25) is 0 Å². The van der Waals surface area contributed by atoms with Crippen LogP contribution in [0.1, 0.15) is 55.3 Å². The predicted octanol–water partition coefficient (Wildman–Crippen LogP) is 4.30. The lowest BCUT2D eigenvalue weighted by molar-refractivity contribution is -0.143. The van der Waals surface area contributed by atoms with Gasteiger partial charge < -0.3 is 14.0 Å². The summed E-state index contributed by atoms with van der Waals surface area (Å²) in [6, 6.07) is 5.84. The van der Waals surface area contributed by atoms with E-state index in [2.05, 4.69) is 5.16 Å². The number of methoxy groups -OCH3 is 2. The van der Waals surface area contributed by atoms with Gasteiger partial charge in [-0.25, -0.2) is 0 Å². The zero-order valence-electron chi connectivity index (χ0n) is 17.2. The Morgan fingerprint density at radius 1 is 1.17 bits per heavy atom. The van der Waals surface area contributed by atoms with Gasteiger partial charge in [-0.05, 0) is 43.5 Å². The predicted molar refractivity (Wildman–Crippen MR) is 103 cm³/mol. The minimum Gasteiger partial charge on any atom is -0.493 e. The number of alkyl halides is 3. The Hall–Kier alpha value is -2.29. The van der Waals surface area contributed by atoms with E-state index in [0.717, 1.165) is 31.2 Å². The van der Waals surface area contributed by atoms with E-state index < -0.39 is 12.7 Å². The van der Waals surface area contributed by atoms with E-state index in [1.54, 1.807) is 14.2 Å². The number of benzene rings is 1.